The molecular weight excluding hydrogens is 354 g/mol. The van der Waals surface area contributed by atoms with Crippen molar-refractivity contribution in [3.63, 3.8) is 0 Å². The number of ether oxygens (including phenoxy) is 1. The van der Waals surface area contributed by atoms with E-state index in [2.05, 4.69) is 67.7 Å². The van der Waals surface area contributed by atoms with Crippen molar-refractivity contribution in [2.45, 2.75) is 71.6 Å². The van der Waals surface area contributed by atoms with Crippen molar-refractivity contribution in [3.8, 4) is 5.75 Å². The molecule has 2 aromatic rings. The maximum absolute atomic E-state index is 6.22. The number of benzene rings is 2. The van der Waals surface area contributed by atoms with E-state index >= 15 is 0 Å². The highest BCUT2D eigenvalue weighted by Gasteiger charge is 2.52. The highest BCUT2D eigenvalue weighted by molar-refractivity contribution is 5.34. The van der Waals surface area contributed by atoms with Crippen LogP contribution in [-0.2, 0) is 13.2 Å². The fourth-order valence-electron chi connectivity index (χ4n) is 6.94. The lowest BCUT2D eigenvalue weighted by Gasteiger charge is -2.59. The molecular formula is C27H35NO. The molecule has 0 spiro atoms. The van der Waals surface area contributed by atoms with Gasteiger partial charge in [0.1, 0.15) is 12.4 Å². The molecule has 1 atom stereocenters. The van der Waals surface area contributed by atoms with E-state index in [1.54, 1.807) is 0 Å². The smallest absolute Gasteiger partial charge is 0.124 e. The fourth-order valence-corrected chi connectivity index (χ4v) is 6.94. The average molecular weight is 390 g/mol. The molecule has 2 nitrogen and oxygen atoms in total. The summed E-state index contributed by atoms with van der Waals surface area (Å²) >= 11 is 0. The zero-order valence-electron chi connectivity index (χ0n) is 18.0. The molecule has 29 heavy (non-hydrogen) atoms. The van der Waals surface area contributed by atoms with Crippen molar-refractivity contribution in [1.82, 2.24) is 5.32 Å². The van der Waals surface area contributed by atoms with Gasteiger partial charge in [0, 0.05) is 18.2 Å². The molecule has 0 aliphatic heterocycles. The molecule has 4 aliphatic rings. The van der Waals surface area contributed by atoms with E-state index in [4.69, 9.17) is 4.74 Å². The highest BCUT2D eigenvalue weighted by atomic mass is 16.5. The molecule has 4 fully saturated rings. The molecule has 4 aliphatic carbocycles. The Bertz CT molecular complexity index is 822. The lowest BCUT2D eigenvalue weighted by Crippen LogP contribution is -2.54. The Hall–Kier alpha value is -1.80. The van der Waals surface area contributed by atoms with Crippen LogP contribution in [0.1, 0.15) is 62.1 Å². The molecule has 2 heteroatoms. The minimum atomic E-state index is 0.548. The van der Waals surface area contributed by atoms with Crippen molar-refractivity contribution in [1.29, 1.82) is 0 Å². The number of rotatable bonds is 7. The maximum Gasteiger partial charge on any atom is 0.124 e. The van der Waals surface area contributed by atoms with Gasteiger partial charge in [-0.3, -0.25) is 0 Å². The molecule has 1 N–H and O–H groups in total. The van der Waals surface area contributed by atoms with E-state index in [0.29, 0.717) is 18.1 Å². The molecule has 0 saturated heterocycles. The van der Waals surface area contributed by atoms with Crippen LogP contribution in [-0.4, -0.2) is 6.04 Å². The van der Waals surface area contributed by atoms with Crippen LogP contribution in [0.4, 0.5) is 0 Å². The van der Waals surface area contributed by atoms with Crippen LogP contribution >= 0.6 is 0 Å². The molecule has 4 saturated carbocycles. The Morgan fingerprint density at radius 2 is 1.66 bits per heavy atom. The summed E-state index contributed by atoms with van der Waals surface area (Å²) in [6, 6.07) is 17.7. The summed E-state index contributed by atoms with van der Waals surface area (Å²) in [7, 11) is 0. The zero-order valence-corrected chi connectivity index (χ0v) is 18.0. The fraction of sp³-hybridized carbons (Fsp3) is 0.556. The SMILES string of the molecule is Cc1cccc(COc2ccccc2CNC(C)C23CC4CC(CC(C4)C2)C3)c1. The Morgan fingerprint density at radius 1 is 0.966 bits per heavy atom. The monoisotopic (exact) mass is 389 g/mol. The minimum Gasteiger partial charge on any atom is -0.489 e. The van der Waals surface area contributed by atoms with Crippen molar-refractivity contribution in [3.05, 3.63) is 65.2 Å². The second-order valence-corrected chi connectivity index (χ2v) is 10.3. The number of para-hydroxylation sites is 1. The Labute approximate surface area is 176 Å². The molecule has 1 unspecified atom stereocenters. The number of hydrogen-bond acceptors (Lipinski definition) is 2. The van der Waals surface area contributed by atoms with Crippen LogP contribution in [0.25, 0.3) is 0 Å². The van der Waals surface area contributed by atoms with Crippen LogP contribution in [0.3, 0.4) is 0 Å². The van der Waals surface area contributed by atoms with Crippen LogP contribution in [0.15, 0.2) is 48.5 Å². The van der Waals surface area contributed by atoms with E-state index in [1.165, 1.54) is 55.2 Å². The molecule has 4 bridgehead atoms. The summed E-state index contributed by atoms with van der Waals surface area (Å²) in [6.07, 6.45) is 8.92. The quantitative estimate of drug-likeness (QED) is 0.603. The third-order valence-electron chi connectivity index (χ3n) is 8.05. The molecule has 6 rings (SSSR count). The normalized spacial score (nSPS) is 31.0. The van der Waals surface area contributed by atoms with Crippen LogP contribution in [0.2, 0.25) is 0 Å². The molecule has 0 heterocycles. The number of hydrogen-bond donors (Lipinski definition) is 1. The lowest BCUT2D eigenvalue weighted by molar-refractivity contribution is -0.0706. The van der Waals surface area contributed by atoms with Crippen LogP contribution in [0.5, 0.6) is 5.75 Å². The molecule has 0 aromatic heterocycles. The van der Waals surface area contributed by atoms with Gasteiger partial charge in [-0.2, -0.15) is 0 Å². The summed E-state index contributed by atoms with van der Waals surface area (Å²) in [4.78, 5) is 0. The predicted molar refractivity (Wildman–Crippen MR) is 119 cm³/mol. The van der Waals surface area contributed by atoms with Gasteiger partial charge in [0.2, 0.25) is 0 Å². The third-order valence-corrected chi connectivity index (χ3v) is 8.05. The maximum atomic E-state index is 6.22. The summed E-state index contributed by atoms with van der Waals surface area (Å²) in [6.45, 7) is 6.10. The summed E-state index contributed by atoms with van der Waals surface area (Å²) in [5.74, 6) is 4.04. The predicted octanol–water partition coefficient (Wildman–Crippen LogP) is 6.27. The topological polar surface area (TPSA) is 21.3 Å². The van der Waals surface area contributed by atoms with E-state index in [0.717, 1.165) is 30.0 Å². The van der Waals surface area contributed by atoms with E-state index < -0.39 is 0 Å². The molecule has 0 amide bonds. The van der Waals surface area contributed by atoms with Gasteiger partial charge in [-0.15, -0.1) is 0 Å². The summed E-state index contributed by atoms with van der Waals surface area (Å²) in [5.41, 5.74) is 4.34. The standard InChI is InChI=1S/C27H35NO/c1-19-6-5-7-21(10-19)18-29-26-9-4-3-8-25(26)17-28-20(2)27-14-22-11-23(15-27)13-24(12-22)16-27/h3-10,20,22-24,28H,11-18H2,1-2H3. The largest absolute Gasteiger partial charge is 0.489 e. The first-order valence-electron chi connectivity index (χ1n) is 11.6. The van der Waals surface area contributed by atoms with Crippen molar-refractivity contribution in [2.75, 3.05) is 0 Å². The van der Waals surface area contributed by atoms with Gasteiger partial charge in [-0.25, -0.2) is 0 Å². The lowest BCUT2D eigenvalue weighted by atomic mass is 9.48. The number of nitrogens with one attached hydrogen (secondary N) is 1. The van der Waals surface area contributed by atoms with Crippen molar-refractivity contribution in [2.24, 2.45) is 23.2 Å². The summed E-state index contributed by atoms with van der Waals surface area (Å²) in [5, 5.41) is 3.92. The van der Waals surface area contributed by atoms with Crippen LogP contribution < -0.4 is 10.1 Å². The first-order chi connectivity index (χ1) is 14.1. The van der Waals surface area contributed by atoms with Crippen molar-refractivity contribution < 1.29 is 4.74 Å². The first kappa shape index (κ1) is 19.2. The van der Waals surface area contributed by atoms with E-state index in [9.17, 15) is 0 Å². The van der Waals surface area contributed by atoms with Gasteiger partial charge >= 0.3 is 0 Å². The van der Waals surface area contributed by atoms with Gasteiger partial charge in [0.25, 0.3) is 0 Å². The zero-order chi connectivity index (χ0) is 19.8. The Morgan fingerprint density at radius 3 is 2.34 bits per heavy atom. The minimum absolute atomic E-state index is 0.548. The third kappa shape index (κ3) is 3.97. The number of aryl methyl sites for hydroxylation is 1. The molecule has 0 radical (unpaired) electrons. The van der Waals surface area contributed by atoms with Gasteiger partial charge in [-0.1, -0.05) is 48.0 Å². The van der Waals surface area contributed by atoms with E-state index in [-0.39, 0.29) is 0 Å². The highest BCUT2D eigenvalue weighted by Crippen LogP contribution is 2.61. The molecule has 154 valence electrons. The first-order valence-corrected chi connectivity index (χ1v) is 11.6. The van der Waals surface area contributed by atoms with Gasteiger partial charge < -0.3 is 10.1 Å². The Kier molecular flexibility index (Phi) is 5.16. The Balaban J connectivity index is 1.23. The van der Waals surface area contributed by atoms with E-state index in [1.807, 2.05) is 0 Å². The average Bonchev–Trinajstić information content (AvgIpc) is 2.70. The second-order valence-electron chi connectivity index (χ2n) is 10.3. The molecule has 2 aromatic carbocycles. The summed E-state index contributed by atoms with van der Waals surface area (Å²) < 4.78 is 6.22. The van der Waals surface area contributed by atoms with Crippen LogP contribution in [0, 0.1) is 30.1 Å². The second kappa shape index (κ2) is 7.80. The van der Waals surface area contributed by atoms with Gasteiger partial charge in [0.05, 0.1) is 0 Å². The van der Waals surface area contributed by atoms with Crippen molar-refractivity contribution >= 4 is 0 Å². The van der Waals surface area contributed by atoms with Gasteiger partial charge in [0.15, 0.2) is 0 Å². The van der Waals surface area contributed by atoms with Gasteiger partial charge in [-0.05, 0) is 87.2 Å².